The lowest BCUT2D eigenvalue weighted by atomic mass is 9.65. The lowest BCUT2D eigenvalue weighted by Crippen LogP contribution is -2.50. The Bertz CT molecular complexity index is 496. The molecule has 0 saturated heterocycles. The highest BCUT2D eigenvalue weighted by Crippen LogP contribution is 2.55. The molecule has 20 heavy (non-hydrogen) atoms. The second-order valence-electron chi connectivity index (χ2n) is 6.79. The van der Waals surface area contributed by atoms with Gasteiger partial charge in [-0.05, 0) is 62.4 Å². The van der Waals surface area contributed by atoms with Gasteiger partial charge in [0.2, 0.25) is 0 Å². The van der Waals surface area contributed by atoms with Crippen molar-refractivity contribution in [3.8, 4) is 0 Å². The first-order chi connectivity index (χ1) is 9.56. The third-order valence-corrected chi connectivity index (χ3v) is 7.40. The van der Waals surface area contributed by atoms with Crippen molar-refractivity contribution in [1.82, 2.24) is 4.90 Å². The van der Waals surface area contributed by atoms with Gasteiger partial charge in [0.25, 0.3) is 0 Å². The standard InChI is InChI=1S/C18H26IN/c1-4-13-8-9-14-12-17(20(2)3)15-7-5-6-10-18(15,19)16(14)11-13/h8-9,11,15,17H,4-7,10,12H2,1-3H3/t15-,17+,18+/m1/s1. The summed E-state index contributed by atoms with van der Waals surface area (Å²) in [5.74, 6) is 0.825. The van der Waals surface area contributed by atoms with E-state index in [1.165, 1.54) is 37.7 Å². The van der Waals surface area contributed by atoms with Gasteiger partial charge in [-0.25, -0.2) is 0 Å². The number of nitrogens with zero attached hydrogens (tertiary/aromatic N) is 1. The van der Waals surface area contributed by atoms with Crippen LogP contribution < -0.4 is 0 Å². The molecule has 0 N–H and O–H groups in total. The number of alkyl halides is 1. The van der Waals surface area contributed by atoms with Gasteiger partial charge in [0.05, 0.1) is 3.42 Å². The molecular formula is C18H26IN. The summed E-state index contributed by atoms with van der Waals surface area (Å²) >= 11 is 2.81. The maximum Gasteiger partial charge on any atom is 0.0516 e. The van der Waals surface area contributed by atoms with E-state index in [0.29, 0.717) is 9.46 Å². The average molecular weight is 383 g/mol. The first-order valence-corrected chi connectivity index (χ1v) is 9.11. The van der Waals surface area contributed by atoms with Gasteiger partial charge in [0.15, 0.2) is 0 Å². The van der Waals surface area contributed by atoms with Gasteiger partial charge in [-0.3, -0.25) is 0 Å². The van der Waals surface area contributed by atoms with E-state index in [1.54, 1.807) is 11.1 Å². The summed E-state index contributed by atoms with van der Waals surface area (Å²) < 4.78 is 0.379. The SMILES string of the molecule is CCc1ccc2c(c1)[C@]1(I)CCCC[C@@H]1[C@@H](N(C)C)C2. The van der Waals surface area contributed by atoms with E-state index in [1.807, 2.05) is 0 Å². The Hall–Kier alpha value is -0.0900. The van der Waals surface area contributed by atoms with Crippen LogP contribution in [0.4, 0.5) is 0 Å². The number of benzene rings is 1. The minimum atomic E-state index is 0.379. The van der Waals surface area contributed by atoms with Crippen LogP contribution in [-0.2, 0) is 16.3 Å². The lowest BCUT2D eigenvalue weighted by Gasteiger charge is -2.51. The number of hydrogen-bond acceptors (Lipinski definition) is 1. The van der Waals surface area contributed by atoms with Crippen LogP contribution in [0.15, 0.2) is 18.2 Å². The van der Waals surface area contributed by atoms with Gasteiger partial charge in [-0.15, -0.1) is 0 Å². The normalized spacial score (nSPS) is 32.9. The molecule has 0 amide bonds. The Morgan fingerprint density at radius 1 is 1.30 bits per heavy atom. The molecule has 2 aliphatic rings. The fraction of sp³-hybridized carbons (Fsp3) is 0.667. The van der Waals surface area contributed by atoms with E-state index in [2.05, 4.69) is 66.7 Å². The van der Waals surface area contributed by atoms with Crippen molar-refractivity contribution in [3.63, 3.8) is 0 Å². The Kier molecular flexibility index (Phi) is 4.15. The van der Waals surface area contributed by atoms with Gasteiger partial charge in [0, 0.05) is 6.04 Å². The van der Waals surface area contributed by atoms with Gasteiger partial charge >= 0.3 is 0 Å². The smallest absolute Gasteiger partial charge is 0.0516 e. The highest BCUT2D eigenvalue weighted by atomic mass is 127. The summed E-state index contributed by atoms with van der Waals surface area (Å²) in [6.45, 7) is 2.27. The maximum absolute atomic E-state index is 2.81. The summed E-state index contributed by atoms with van der Waals surface area (Å²) in [5, 5.41) is 0. The van der Waals surface area contributed by atoms with E-state index >= 15 is 0 Å². The van der Waals surface area contributed by atoms with Crippen molar-refractivity contribution in [2.45, 2.75) is 54.9 Å². The van der Waals surface area contributed by atoms with Gasteiger partial charge < -0.3 is 4.90 Å². The largest absolute Gasteiger partial charge is 0.306 e. The first-order valence-electron chi connectivity index (χ1n) is 8.04. The molecule has 0 aromatic heterocycles. The molecule has 0 spiro atoms. The summed E-state index contributed by atoms with van der Waals surface area (Å²) in [6.07, 6.45) is 7.98. The molecule has 0 radical (unpaired) electrons. The highest BCUT2D eigenvalue weighted by Gasteiger charge is 2.48. The van der Waals surface area contributed by atoms with Crippen molar-refractivity contribution in [2.24, 2.45) is 5.92 Å². The van der Waals surface area contributed by atoms with Gasteiger partial charge in [-0.2, -0.15) is 0 Å². The Morgan fingerprint density at radius 3 is 2.80 bits per heavy atom. The fourth-order valence-corrected chi connectivity index (χ4v) is 5.92. The van der Waals surface area contributed by atoms with Crippen molar-refractivity contribution >= 4 is 22.6 Å². The van der Waals surface area contributed by atoms with E-state index < -0.39 is 0 Å². The molecule has 3 rings (SSSR count). The molecule has 2 heteroatoms. The van der Waals surface area contributed by atoms with Crippen LogP contribution in [-0.4, -0.2) is 25.0 Å². The molecule has 1 nitrogen and oxygen atoms in total. The molecule has 3 atom stereocenters. The van der Waals surface area contributed by atoms with Gasteiger partial charge in [-0.1, -0.05) is 60.6 Å². The minimum absolute atomic E-state index is 0.379. The van der Waals surface area contributed by atoms with Gasteiger partial charge in [0.1, 0.15) is 0 Å². The predicted octanol–water partition coefficient (Wildman–Crippen LogP) is 4.56. The van der Waals surface area contributed by atoms with Crippen molar-refractivity contribution in [3.05, 3.63) is 34.9 Å². The minimum Gasteiger partial charge on any atom is -0.306 e. The second-order valence-corrected chi connectivity index (χ2v) is 8.72. The molecule has 1 saturated carbocycles. The Balaban J connectivity index is 2.10. The molecule has 1 fully saturated rings. The highest BCUT2D eigenvalue weighted by molar-refractivity contribution is 14.1. The zero-order chi connectivity index (χ0) is 14.3. The molecular weight excluding hydrogens is 357 g/mol. The number of rotatable bonds is 2. The number of aryl methyl sites for hydroxylation is 1. The van der Waals surface area contributed by atoms with Crippen LogP contribution in [0.5, 0.6) is 0 Å². The fourth-order valence-electron chi connectivity index (χ4n) is 4.31. The topological polar surface area (TPSA) is 3.24 Å². The van der Waals surface area contributed by atoms with Crippen molar-refractivity contribution in [1.29, 1.82) is 0 Å². The number of halogens is 1. The van der Waals surface area contributed by atoms with E-state index in [-0.39, 0.29) is 0 Å². The van der Waals surface area contributed by atoms with E-state index in [4.69, 9.17) is 0 Å². The van der Waals surface area contributed by atoms with Crippen LogP contribution in [0.2, 0.25) is 0 Å². The molecule has 1 aromatic rings. The summed E-state index contributed by atoms with van der Waals surface area (Å²) in [4.78, 5) is 2.47. The second kappa shape index (κ2) is 5.60. The molecule has 2 aliphatic carbocycles. The van der Waals surface area contributed by atoms with Crippen LogP contribution in [0, 0.1) is 5.92 Å². The van der Waals surface area contributed by atoms with Crippen LogP contribution >= 0.6 is 22.6 Å². The number of hydrogen-bond donors (Lipinski definition) is 0. The third kappa shape index (κ3) is 2.33. The van der Waals surface area contributed by atoms with E-state index in [0.717, 1.165) is 12.3 Å². The average Bonchev–Trinajstić information content (AvgIpc) is 2.45. The first kappa shape index (κ1) is 14.8. The molecule has 1 aromatic carbocycles. The maximum atomic E-state index is 2.81. The summed E-state index contributed by atoms with van der Waals surface area (Å²) in [6, 6.07) is 7.99. The van der Waals surface area contributed by atoms with Crippen LogP contribution in [0.25, 0.3) is 0 Å². The number of fused-ring (bicyclic) bond motifs is 3. The van der Waals surface area contributed by atoms with E-state index in [9.17, 15) is 0 Å². The monoisotopic (exact) mass is 383 g/mol. The molecule has 0 unspecified atom stereocenters. The Labute approximate surface area is 137 Å². The predicted molar refractivity (Wildman–Crippen MR) is 94.7 cm³/mol. The zero-order valence-electron chi connectivity index (χ0n) is 13.0. The Morgan fingerprint density at radius 2 is 2.10 bits per heavy atom. The third-order valence-electron chi connectivity index (χ3n) is 5.48. The zero-order valence-corrected chi connectivity index (χ0v) is 15.1. The van der Waals surface area contributed by atoms with Crippen molar-refractivity contribution < 1.29 is 0 Å². The molecule has 0 aliphatic heterocycles. The summed E-state index contributed by atoms with van der Waals surface area (Å²) in [5.41, 5.74) is 4.78. The lowest BCUT2D eigenvalue weighted by molar-refractivity contribution is 0.128. The molecule has 0 bridgehead atoms. The number of likely N-dealkylation sites (N-methyl/N-ethyl adjacent to an activating group) is 1. The molecule has 110 valence electrons. The summed E-state index contributed by atoms with van der Waals surface area (Å²) in [7, 11) is 4.53. The van der Waals surface area contributed by atoms with Crippen LogP contribution in [0.3, 0.4) is 0 Å². The van der Waals surface area contributed by atoms with Crippen molar-refractivity contribution in [2.75, 3.05) is 14.1 Å². The quantitative estimate of drug-likeness (QED) is 0.535. The molecule has 0 heterocycles. The van der Waals surface area contributed by atoms with Crippen LogP contribution in [0.1, 0.15) is 49.3 Å².